The number of nitrogens with zero attached hydrogens (tertiary/aromatic N) is 1. The van der Waals surface area contributed by atoms with Crippen molar-refractivity contribution in [2.45, 2.75) is 11.1 Å². The molecule has 0 saturated heterocycles. The molecule has 0 N–H and O–H groups in total. The van der Waals surface area contributed by atoms with Gasteiger partial charge in [0.1, 0.15) is 11.5 Å². The van der Waals surface area contributed by atoms with Crippen molar-refractivity contribution in [1.29, 1.82) is 0 Å². The Morgan fingerprint density at radius 3 is 1.89 bits per heavy atom. The second kappa shape index (κ2) is 6.77. The quantitative estimate of drug-likeness (QED) is 0.588. The maximum Gasteiger partial charge on any atom is 0.433 e. The molecular weight excluding hydrogens is 382 g/mol. The van der Waals surface area contributed by atoms with Crippen LogP contribution in [0.1, 0.15) is 5.69 Å². The summed E-state index contributed by atoms with van der Waals surface area (Å²) in [4.78, 5) is 3.71. The summed E-state index contributed by atoms with van der Waals surface area (Å²) < 4.78 is 76.0. The third kappa shape index (κ3) is 4.33. The average molecular weight is 395 g/mol. The van der Waals surface area contributed by atoms with E-state index in [1.807, 2.05) is 0 Å². The third-order valence-electron chi connectivity index (χ3n) is 3.87. The van der Waals surface area contributed by atoms with Crippen LogP contribution >= 0.6 is 0 Å². The number of sulfone groups is 1. The monoisotopic (exact) mass is 395 g/mol. The number of pyridine rings is 1. The van der Waals surface area contributed by atoms with Gasteiger partial charge < -0.3 is 0 Å². The molecule has 0 atom stereocenters. The van der Waals surface area contributed by atoms with Gasteiger partial charge >= 0.3 is 6.18 Å². The molecule has 0 fully saturated rings. The number of hydrogen-bond acceptors (Lipinski definition) is 3. The van der Waals surface area contributed by atoms with Gasteiger partial charge in [-0.25, -0.2) is 17.8 Å². The largest absolute Gasteiger partial charge is 0.433 e. The highest BCUT2D eigenvalue weighted by Crippen LogP contribution is 2.34. The smallest absolute Gasteiger partial charge is 0.243 e. The fourth-order valence-electron chi connectivity index (χ4n) is 2.51. The van der Waals surface area contributed by atoms with E-state index in [0.717, 1.165) is 24.5 Å². The van der Waals surface area contributed by atoms with Crippen molar-refractivity contribution in [1.82, 2.24) is 4.98 Å². The van der Waals surface area contributed by atoms with Crippen LogP contribution in [0, 0.1) is 5.82 Å². The van der Waals surface area contributed by atoms with Gasteiger partial charge in [0.25, 0.3) is 0 Å². The Kier molecular flexibility index (Phi) is 4.77. The highest BCUT2D eigenvalue weighted by Gasteiger charge is 2.33. The number of alkyl halides is 3. The SMILES string of the molecule is CS(=O)(=O)c1ccc(-c2cc(-c3ccc(F)cc3)nc(C(F)(F)F)c2)cc1. The first kappa shape index (κ1) is 19.0. The first-order valence-electron chi connectivity index (χ1n) is 7.70. The fourth-order valence-corrected chi connectivity index (χ4v) is 3.14. The van der Waals surface area contributed by atoms with Crippen molar-refractivity contribution in [3.63, 3.8) is 0 Å². The molecule has 2 aromatic carbocycles. The number of aromatic nitrogens is 1. The van der Waals surface area contributed by atoms with Crippen molar-refractivity contribution in [2.75, 3.05) is 6.26 Å². The van der Waals surface area contributed by atoms with Gasteiger partial charge in [0.2, 0.25) is 0 Å². The molecule has 3 rings (SSSR count). The van der Waals surface area contributed by atoms with E-state index >= 15 is 0 Å². The Labute approximate surface area is 153 Å². The molecule has 0 saturated carbocycles. The van der Waals surface area contributed by atoms with Gasteiger partial charge in [0.15, 0.2) is 9.84 Å². The van der Waals surface area contributed by atoms with Crippen LogP contribution in [0.4, 0.5) is 17.6 Å². The molecule has 3 nitrogen and oxygen atoms in total. The van der Waals surface area contributed by atoms with Crippen LogP contribution in [0.3, 0.4) is 0 Å². The van der Waals surface area contributed by atoms with Crippen molar-refractivity contribution in [3.05, 3.63) is 72.2 Å². The Bertz CT molecular complexity index is 1070. The average Bonchev–Trinajstić information content (AvgIpc) is 2.60. The van der Waals surface area contributed by atoms with E-state index in [0.29, 0.717) is 11.1 Å². The molecule has 0 aliphatic carbocycles. The molecule has 3 aromatic rings. The lowest BCUT2D eigenvalue weighted by Crippen LogP contribution is -2.09. The molecule has 0 spiro atoms. The van der Waals surface area contributed by atoms with Crippen molar-refractivity contribution in [2.24, 2.45) is 0 Å². The van der Waals surface area contributed by atoms with Gasteiger partial charge in [-0.3, -0.25) is 0 Å². The summed E-state index contributed by atoms with van der Waals surface area (Å²) in [6.45, 7) is 0. The zero-order chi connectivity index (χ0) is 19.8. The Balaban J connectivity index is 2.14. The predicted molar refractivity (Wildman–Crippen MR) is 93.2 cm³/mol. The topological polar surface area (TPSA) is 47.0 Å². The molecule has 1 heterocycles. The lowest BCUT2D eigenvalue weighted by molar-refractivity contribution is -0.141. The van der Waals surface area contributed by atoms with Crippen molar-refractivity contribution >= 4 is 9.84 Å². The van der Waals surface area contributed by atoms with Crippen LogP contribution < -0.4 is 0 Å². The van der Waals surface area contributed by atoms with E-state index in [1.54, 1.807) is 0 Å². The van der Waals surface area contributed by atoms with E-state index < -0.39 is 27.5 Å². The molecule has 8 heteroatoms. The molecule has 27 heavy (non-hydrogen) atoms. The molecule has 0 bridgehead atoms. The van der Waals surface area contributed by atoms with Gasteiger partial charge in [0.05, 0.1) is 10.6 Å². The Morgan fingerprint density at radius 1 is 0.815 bits per heavy atom. The highest BCUT2D eigenvalue weighted by molar-refractivity contribution is 7.90. The maximum absolute atomic E-state index is 13.3. The molecule has 140 valence electrons. The van der Waals surface area contributed by atoms with E-state index in [9.17, 15) is 26.0 Å². The molecular formula is C19H13F4NO2S. The summed E-state index contributed by atoms with van der Waals surface area (Å²) in [7, 11) is -3.42. The fraction of sp³-hybridized carbons (Fsp3) is 0.105. The van der Waals surface area contributed by atoms with E-state index in [-0.39, 0.29) is 16.2 Å². The summed E-state index contributed by atoms with van der Waals surface area (Å²) in [5.41, 5.74) is -0.106. The van der Waals surface area contributed by atoms with E-state index in [2.05, 4.69) is 4.98 Å². The second-order valence-corrected chi connectivity index (χ2v) is 7.94. The minimum Gasteiger partial charge on any atom is -0.243 e. The van der Waals surface area contributed by atoms with Crippen LogP contribution in [0.2, 0.25) is 0 Å². The predicted octanol–water partition coefficient (Wildman–Crippen LogP) is 4.98. The minimum atomic E-state index is -4.67. The van der Waals surface area contributed by atoms with Crippen LogP contribution in [0.25, 0.3) is 22.4 Å². The van der Waals surface area contributed by atoms with Crippen LogP contribution in [0.5, 0.6) is 0 Å². The Morgan fingerprint density at radius 2 is 1.37 bits per heavy atom. The second-order valence-electron chi connectivity index (χ2n) is 5.93. The first-order valence-corrected chi connectivity index (χ1v) is 9.59. The van der Waals surface area contributed by atoms with E-state index in [1.165, 1.54) is 42.5 Å². The molecule has 0 radical (unpaired) electrons. The van der Waals surface area contributed by atoms with Gasteiger partial charge in [0, 0.05) is 11.8 Å². The van der Waals surface area contributed by atoms with E-state index in [4.69, 9.17) is 0 Å². The van der Waals surface area contributed by atoms with Gasteiger partial charge in [-0.05, 0) is 59.7 Å². The molecule has 0 amide bonds. The number of hydrogen-bond donors (Lipinski definition) is 0. The van der Waals surface area contributed by atoms with Crippen LogP contribution in [-0.2, 0) is 16.0 Å². The summed E-state index contributed by atoms with van der Waals surface area (Å²) in [6, 6.07) is 12.8. The normalized spacial score (nSPS) is 12.2. The summed E-state index contributed by atoms with van der Waals surface area (Å²) in [5, 5.41) is 0. The van der Waals surface area contributed by atoms with Gasteiger partial charge in [-0.15, -0.1) is 0 Å². The number of benzene rings is 2. The number of halogens is 4. The summed E-state index contributed by atoms with van der Waals surface area (Å²) in [5.74, 6) is -0.512. The van der Waals surface area contributed by atoms with Crippen molar-refractivity contribution in [3.8, 4) is 22.4 Å². The standard InChI is InChI=1S/C19H13F4NO2S/c1-27(25,26)16-8-4-12(5-9-16)14-10-17(13-2-6-15(20)7-3-13)24-18(11-14)19(21,22)23/h2-11H,1H3. The Hall–Kier alpha value is -2.74. The minimum absolute atomic E-state index is 0.0343. The maximum atomic E-state index is 13.3. The zero-order valence-electron chi connectivity index (χ0n) is 14.0. The third-order valence-corrected chi connectivity index (χ3v) is 5.00. The lowest BCUT2D eigenvalue weighted by atomic mass is 10.0. The molecule has 0 aliphatic rings. The van der Waals surface area contributed by atoms with Crippen LogP contribution in [0.15, 0.2) is 65.6 Å². The molecule has 0 aliphatic heterocycles. The van der Waals surface area contributed by atoms with Crippen molar-refractivity contribution < 1.29 is 26.0 Å². The van der Waals surface area contributed by atoms with Crippen LogP contribution in [-0.4, -0.2) is 19.7 Å². The van der Waals surface area contributed by atoms with Gasteiger partial charge in [-0.2, -0.15) is 13.2 Å². The first-order chi connectivity index (χ1) is 12.5. The summed E-state index contributed by atoms with van der Waals surface area (Å²) in [6.07, 6.45) is -3.62. The lowest BCUT2D eigenvalue weighted by Gasteiger charge is -2.12. The zero-order valence-corrected chi connectivity index (χ0v) is 14.8. The molecule has 0 unspecified atom stereocenters. The number of rotatable bonds is 3. The van der Waals surface area contributed by atoms with Gasteiger partial charge in [-0.1, -0.05) is 12.1 Å². The molecule has 1 aromatic heterocycles. The summed E-state index contributed by atoms with van der Waals surface area (Å²) >= 11 is 0. The highest BCUT2D eigenvalue weighted by atomic mass is 32.2.